The molecule has 1 aliphatic rings. The molecule has 0 bridgehead atoms. The Morgan fingerprint density at radius 3 is 2.31 bits per heavy atom. The van der Waals surface area contributed by atoms with Gasteiger partial charge in [-0.1, -0.05) is 42.5 Å². The van der Waals surface area contributed by atoms with Gasteiger partial charge in [-0.05, 0) is 67.6 Å². The number of amidine groups is 1. The Balaban J connectivity index is 1.29. The first-order chi connectivity index (χ1) is 23.2. The third kappa shape index (κ3) is 8.47. The van der Waals surface area contributed by atoms with Crippen LogP contribution in [0.25, 0.3) is 6.08 Å². The lowest BCUT2D eigenvalue weighted by Gasteiger charge is -2.14. The number of anilines is 2. The molecule has 5 rings (SSSR count). The van der Waals surface area contributed by atoms with E-state index in [1.165, 1.54) is 37.1 Å². The highest BCUT2D eigenvalue weighted by molar-refractivity contribution is 8.00. The van der Waals surface area contributed by atoms with Gasteiger partial charge in [0, 0.05) is 27.8 Å². The van der Waals surface area contributed by atoms with Crippen LogP contribution in [-0.2, 0) is 14.4 Å². The second-order valence-corrected chi connectivity index (χ2v) is 11.9. The Morgan fingerprint density at radius 2 is 1.60 bits per heavy atom. The Morgan fingerprint density at radius 1 is 0.875 bits per heavy atom. The number of rotatable bonds is 11. The summed E-state index contributed by atoms with van der Waals surface area (Å²) in [6, 6.07) is 29.6. The Bertz CT molecular complexity index is 1880. The Hall–Kier alpha value is -5.88. The van der Waals surface area contributed by atoms with Crippen molar-refractivity contribution in [3.63, 3.8) is 0 Å². The number of hydrogen-bond donors (Lipinski definition) is 3. The number of ether oxygens (including phenoxy) is 2. The molecular formula is C36H33N5O6S. The zero-order chi connectivity index (χ0) is 34.0. The van der Waals surface area contributed by atoms with Crippen LogP contribution in [0.2, 0.25) is 0 Å². The molecule has 1 heterocycles. The molecule has 0 aromatic heterocycles. The van der Waals surface area contributed by atoms with Crippen molar-refractivity contribution in [1.29, 1.82) is 0 Å². The number of methoxy groups -OCH3 is 2. The predicted octanol–water partition coefficient (Wildman–Crippen LogP) is 5.46. The van der Waals surface area contributed by atoms with Crippen LogP contribution in [0.5, 0.6) is 11.5 Å². The molecule has 0 fully saturated rings. The van der Waals surface area contributed by atoms with Gasteiger partial charge in [0.05, 0.1) is 31.6 Å². The van der Waals surface area contributed by atoms with Crippen molar-refractivity contribution in [3.05, 3.63) is 120 Å². The second kappa shape index (κ2) is 15.6. The van der Waals surface area contributed by atoms with Crippen molar-refractivity contribution in [3.8, 4) is 11.5 Å². The van der Waals surface area contributed by atoms with E-state index < -0.39 is 17.1 Å². The highest BCUT2D eigenvalue weighted by Crippen LogP contribution is 2.28. The van der Waals surface area contributed by atoms with E-state index in [4.69, 9.17) is 9.47 Å². The third-order valence-electron chi connectivity index (χ3n) is 7.09. The van der Waals surface area contributed by atoms with Crippen molar-refractivity contribution in [2.75, 3.05) is 24.5 Å². The fraction of sp³-hybridized carbons (Fsp3) is 0.139. The van der Waals surface area contributed by atoms with Crippen LogP contribution in [0.4, 0.5) is 11.4 Å². The van der Waals surface area contributed by atoms with Gasteiger partial charge in [-0.15, -0.1) is 11.8 Å². The van der Waals surface area contributed by atoms with Gasteiger partial charge in [-0.25, -0.2) is 0 Å². The molecule has 48 heavy (non-hydrogen) atoms. The number of para-hydroxylation sites is 1. The van der Waals surface area contributed by atoms with Crippen molar-refractivity contribution in [1.82, 2.24) is 10.6 Å². The summed E-state index contributed by atoms with van der Waals surface area (Å²) >= 11 is 1.27. The number of carbonyl (C=O) groups is 4. The molecule has 1 aliphatic heterocycles. The van der Waals surface area contributed by atoms with E-state index in [0.29, 0.717) is 38.9 Å². The smallest absolute Gasteiger partial charge is 0.272 e. The zero-order valence-corrected chi connectivity index (χ0v) is 27.2. The molecule has 0 saturated carbocycles. The van der Waals surface area contributed by atoms with Crippen LogP contribution >= 0.6 is 11.8 Å². The fourth-order valence-electron chi connectivity index (χ4n) is 4.65. The van der Waals surface area contributed by atoms with Crippen LogP contribution in [0.15, 0.2) is 119 Å². The van der Waals surface area contributed by atoms with Crippen LogP contribution in [0, 0.1) is 0 Å². The molecule has 0 spiro atoms. The predicted molar refractivity (Wildman–Crippen MR) is 186 cm³/mol. The number of amides is 4. The van der Waals surface area contributed by atoms with E-state index in [9.17, 15) is 19.2 Å². The standard InChI is InChI=1S/C36H33N5O6S/c1-23(34(43)39-32-22-33(42)41(40-32)27-14-8-5-9-15-27)48-29-16-10-13-26(20-29)37-36(45)30(38-35(44)24-11-6-4-7-12-24)19-25-17-18-28(46-2)21-31(25)47-3/h4-21,23H,22H2,1-3H3,(H,37,45)(H,38,44)(H,39,40,43)/b30-19+. The number of nitrogens with zero attached hydrogens (tertiary/aromatic N) is 2. The maximum absolute atomic E-state index is 13.6. The number of hydrazone groups is 1. The topological polar surface area (TPSA) is 138 Å². The lowest BCUT2D eigenvalue weighted by Crippen LogP contribution is -2.35. The highest BCUT2D eigenvalue weighted by atomic mass is 32.2. The molecule has 4 amide bonds. The number of carbonyl (C=O) groups excluding carboxylic acids is 4. The molecule has 4 aromatic rings. The molecule has 12 heteroatoms. The van der Waals surface area contributed by atoms with Gasteiger partial charge in [-0.2, -0.15) is 10.1 Å². The third-order valence-corrected chi connectivity index (χ3v) is 8.18. The minimum Gasteiger partial charge on any atom is -0.497 e. The van der Waals surface area contributed by atoms with Gasteiger partial charge in [0.1, 0.15) is 23.0 Å². The minimum atomic E-state index is -0.572. The van der Waals surface area contributed by atoms with Gasteiger partial charge in [0.15, 0.2) is 0 Å². The molecule has 0 aliphatic carbocycles. The van der Waals surface area contributed by atoms with E-state index in [1.807, 2.05) is 12.1 Å². The van der Waals surface area contributed by atoms with Crippen LogP contribution in [0.1, 0.15) is 29.3 Å². The van der Waals surface area contributed by atoms with Gasteiger partial charge < -0.3 is 25.4 Å². The quantitative estimate of drug-likeness (QED) is 0.143. The van der Waals surface area contributed by atoms with Crippen molar-refractivity contribution in [2.24, 2.45) is 5.10 Å². The molecule has 4 aromatic carbocycles. The molecule has 3 N–H and O–H groups in total. The van der Waals surface area contributed by atoms with Crippen molar-refractivity contribution >= 4 is 58.7 Å². The van der Waals surface area contributed by atoms with E-state index in [2.05, 4.69) is 21.1 Å². The maximum Gasteiger partial charge on any atom is 0.272 e. The van der Waals surface area contributed by atoms with Crippen molar-refractivity contribution < 1.29 is 28.7 Å². The molecule has 11 nitrogen and oxygen atoms in total. The average molecular weight is 664 g/mol. The zero-order valence-electron chi connectivity index (χ0n) is 26.4. The lowest BCUT2D eigenvalue weighted by molar-refractivity contribution is -0.119. The lowest BCUT2D eigenvalue weighted by atomic mass is 10.1. The van der Waals surface area contributed by atoms with Crippen LogP contribution in [0.3, 0.4) is 0 Å². The number of benzene rings is 4. The normalized spacial score (nSPS) is 13.3. The van der Waals surface area contributed by atoms with Gasteiger partial charge >= 0.3 is 0 Å². The van der Waals surface area contributed by atoms with Gasteiger partial charge in [0.25, 0.3) is 17.7 Å². The SMILES string of the molecule is COc1ccc(/C=C(/NC(=O)c2ccccc2)C(=O)Nc2cccc(SC(C)C(=O)NC3=NN(c4ccccc4)C(=O)C3)c2)c(OC)c1. The summed E-state index contributed by atoms with van der Waals surface area (Å²) in [7, 11) is 3.04. The maximum atomic E-state index is 13.6. The molecular weight excluding hydrogens is 630 g/mol. The van der Waals surface area contributed by atoms with Crippen molar-refractivity contribution in [2.45, 2.75) is 23.5 Å². The average Bonchev–Trinajstić information content (AvgIpc) is 3.48. The minimum absolute atomic E-state index is 0.0153. The number of hydrogen-bond acceptors (Lipinski definition) is 8. The van der Waals surface area contributed by atoms with E-state index in [0.717, 1.165) is 0 Å². The van der Waals surface area contributed by atoms with E-state index in [1.54, 1.807) is 97.9 Å². The number of nitrogens with one attached hydrogen (secondary N) is 3. The fourth-order valence-corrected chi connectivity index (χ4v) is 5.58. The molecule has 0 saturated heterocycles. The summed E-state index contributed by atoms with van der Waals surface area (Å²) in [5, 5.41) is 13.3. The van der Waals surface area contributed by atoms with Crippen LogP contribution < -0.4 is 30.4 Å². The monoisotopic (exact) mass is 663 g/mol. The Labute approximate surface area is 282 Å². The van der Waals surface area contributed by atoms with Gasteiger partial charge in [0.2, 0.25) is 5.91 Å². The summed E-state index contributed by atoms with van der Waals surface area (Å²) in [6.07, 6.45) is 1.51. The summed E-state index contributed by atoms with van der Waals surface area (Å²) in [4.78, 5) is 52.9. The molecule has 1 unspecified atom stereocenters. The van der Waals surface area contributed by atoms with Crippen LogP contribution in [-0.4, -0.2) is 48.9 Å². The first-order valence-electron chi connectivity index (χ1n) is 14.9. The first kappa shape index (κ1) is 33.5. The Kier molecular flexibility index (Phi) is 10.9. The van der Waals surface area contributed by atoms with E-state index >= 15 is 0 Å². The first-order valence-corrected chi connectivity index (χ1v) is 15.8. The summed E-state index contributed by atoms with van der Waals surface area (Å²) in [5.74, 6) is -0.310. The highest BCUT2D eigenvalue weighted by Gasteiger charge is 2.27. The van der Waals surface area contributed by atoms with Gasteiger partial charge in [-0.3, -0.25) is 19.2 Å². The summed E-state index contributed by atoms with van der Waals surface area (Å²) < 4.78 is 10.8. The second-order valence-electron chi connectivity index (χ2n) is 10.5. The largest absolute Gasteiger partial charge is 0.497 e. The summed E-state index contributed by atoms with van der Waals surface area (Å²) in [6.45, 7) is 1.74. The summed E-state index contributed by atoms with van der Waals surface area (Å²) in [5.41, 5.74) is 1.97. The molecule has 244 valence electrons. The number of thioether (sulfide) groups is 1. The van der Waals surface area contributed by atoms with E-state index in [-0.39, 0.29) is 29.8 Å². The molecule has 1 atom stereocenters. The molecule has 0 radical (unpaired) electrons.